The second-order valence-corrected chi connectivity index (χ2v) is 5.79. The molecular weight excluding hydrogens is 300 g/mol. The molecule has 114 valence electrons. The molecule has 0 bridgehead atoms. The molecule has 0 saturated carbocycles. The van der Waals surface area contributed by atoms with Gasteiger partial charge < -0.3 is 9.80 Å². The van der Waals surface area contributed by atoms with Crippen molar-refractivity contribution in [3.05, 3.63) is 52.9 Å². The van der Waals surface area contributed by atoms with Gasteiger partial charge in [0.25, 0.3) is 0 Å². The molecule has 0 N–H and O–H groups in total. The topological polar surface area (TPSA) is 49.3 Å². The summed E-state index contributed by atoms with van der Waals surface area (Å²) in [6, 6.07) is 9.93. The summed E-state index contributed by atoms with van der Waals surface area (Å²) in [6.07, 6.45) is 1.43. The summed E-state index contributed by atoms with van der Waals surface area (Å²) in [5, 5.41) is 0.400. The molecule has 0 radical (unpaired) electrons. The Morgan fingerprint density at radius 3 is 2.64 bits per heavy atom. The SMILES string of the molecule is CC(c1ccccc1)N1Cc2c(Cl)ncnc2N(C)CC1=O. The minimum Gasteiger partial charge on any atom is -0.350 e. The molecule has 0 spiro atoms. The predicted molar refractivity (Wildman–Crippen MR) is 85.7 cm³/mol. The number of rotatable bonds is 2. The number of likely N-dealkylation sites (N-methyl/N-ethyl adjacent to an activating group) is 1. The van der Waals surface area contributed by atoms with Gasteiger partial charge in [-0.25, -0.2) is 9.97 Å². The quantitative estimate of drug-likeness (QED) is 0.799. The molecule has 1 aliphatic heterocycles. The normalized spacial score (nSPS) is 16.2. The molecule has 1 aromatic heterocycles. The van der Waals surface area contributed by atoms with Crippen molar-refractivity contribution in [2.75, 3.05) is 18.5 Å². The van der Waals surface area contributed by atoms with Gasteiger partial charge in [-0.3, -0.25) is 4.79 Å². The van der Waals surface area contributed by atoms with Gasteiger partial charge in [0.1, 0.15) is 17.3 Å². The number of hydrogen-bond donors (Lipinski definition) is 0. The van der Waals surface area contributed by atoms with Crippen LogP contribution in [0.25, 0.3) is 0 Å². The maximum absolute atomic E-state index is 12.6. The Labute approximate surface area is 134 Å². The monoisotopic (exact) mass is 316 g/mol. The van der Waals surface area contributed by atoms with E-state index in [1.807, 2.05) is 54.1 Å². The van der Waals surface area contributed by atoms with Crippen LogP contribution in [-0.2, 0) is 11.3 Å². The van der Waals surface area contributed by atoms with E-state index in [0.29, 0.717) is 11.7 Å². The minimum atomic E-state index is -0.0377. The van der Waals surface area contributed by atoms with Crippen molar-refractivity contribution in [2.45, 2.75) is 19.5 Å². The lowest BCUT2D eigenvalue weighted by Gasteiger charge is -2.28. The van der Waals surface area contributed by atoms with Crippen LogP contribution in [0.2, 0.25) is 5.15 Å². The van der Waals surface area contributed by atoms with Gasteiger partial charge in [-0.2, -0.15) is 0 Å². The van der Waals surface area contributed by atoms with Gasteiger partial charge in [0.15, 0.2) is 0 Å². The zero-order chi connectivity index (χ0) is 15.7. The molecule has 22 heavy (non-hydrogen) atoms. The molecule has 0 fully saturated rings. The summed E-state index contributed by atoms with van der Waals surface area (Å²) in [5.74, 6) is 0.768. The third-order valence-electron chi connectivity index (χ3n) is 4.00. The molecule has 5 nitrogen and oxygen atoms in total. The number of hydrogen-bond acceptors (Lipinski definition) is 4. The molecule has 0 aliphatic carbocycles. The first-order chi connectivity index (χ1) is 10.6. The van der Waals surface area contributed by atoms with Crippen molar-refractivity contribution in [3.63, 3.8) is 0 Å². The fourth-order valence-corrected chi connectivity index (χ4v) is 2.93. The van der Waals surface area contributed by atoms with E-state index in [9.17, 15) is 4.79 Å². The van der Waals surface area contributed by atoms with Crippen molar-refractivity contribution >= 4 is 23.3 Å². The summed E-state index contributed by atoms with van der Waals surface area (Å²) in [5.41, 5.74) is 1.88. The van der Waals surface area contributed by atoms with Crippen LogP contribution >= 0.6 is 11.6 Å². The number of nitrogens with zero attached hydrogens (tertiary/aromatic N) is 4. The molecule has 1 aliphatic rings. The molecule has 6 heteroatoms. The first-order valence-electron chi connectivity index (χ1n) is 7.13. The fourth-order valence-electron chi connectivity index (χ4n) is 2.74. The van der Waals surface area contributed by atoms with E-state index in [4.69, 9.17) is 11.6 Å². The van der Waals surface area contributed by atoms with E-state index in [1.54, 1.807) is 0 Å². The van der Waals surface area contributed by atoms with E-state index in [0.717, 1.165) is 16.9 Å². The zero-order valence-corrected chi connectivity index (χ0v) is 13.3. The Balaban J connectivity index is 1.99. The second kappa shape index (κ2) is 5.93. The summed E-state index contributed by atoms with van der Waals surface area (Å²) >= 11 is 6.23. The largest absolute Gasteiger partial charge is 0.350 e. The van der Waals surface area contributed by atoms with Crippen LogP contribution in [-0.4, -0.2) is 34.4 Å². The molecule has 1 amide bonds. The summed E-state index contributed by atoms with van der Waals surface area (Å²) in [7, 11) is 1.84. The van der Waals surface area contributed by atoms with Crippen molar-refractivity contribution < 1.29 is 4.79 Å². The van der Waals surface area contributed by atoms with E-state index >= 15 is 0 Å². The molecular formula is C16H17ClN4O. The van der Waals surface area contributed by atoms with Crippen LogP contribution in [0.15, 0.2) is 36.7 Å². The number of carbonyl (C=O) groups is 1. The predicted octanol–water partition coefficient (Wildman–Crippen LogP) is 2.67. The Bertz CT molecular complexity index is 692. The summed E-state index contributed by atoms with van der Waals surface area (Å²) < 4.78 is 0. The van der Waals surface area contributed by atoms with Crippen molar-refractivity contribution in [1.82, 2.24) is 14.9 Å². The fraction of sp³-hybridized carbons (Fsp3) is 0.312. The van der Waals surface area contributed by atoms with Gasteiger partial charge in [0.2, 0.25) is 5.91 Å². The van der Waals surface area contributed by atoms with E-state index < -0.39 is 0 Å². The van der Waals surface area contributed by atoms with E-state index in [2.05, 4.69) is 9.97 Å². The number of carbonyl (C=O) groups excluding carboxylic acids is 1. The maximum Gasteiger partial charge on any atom is 0.242 e. The highest BCUT2D eigenvalue weighted by atomic mass is 35.5. The lowest BCUT2D eigenvalue weighted by atomic mass is 10.1. The lowest BCUT2D eigenvalue weighted by molar-refractivity contribution is -0.132. The Morgan fingerprint density at radius 1 is 1.18 bits per heavy atom. The van der Waals surface area contributed by atoms with Gasteiger partial charge in [-0.15, -0.1) is 0 Å². The smallest absolute Gasteiger partial charge is 0.242 e. The van der Waals surface area contributed by atoms with Crippen LogP contribution in [0.1, 0.15) is 24.1 Å². The second-order valence-electron chi connectivity index (χ2n) is 5.43. The number of benzene rings is 1. The van der Waals surface area contributed by atoms with Crippen LogP contribution in [0.5, 0.6) is 0 Å². The van der Waals surface area contributed by atoms with Crippen LogP contribution in [0, 0.1) is 0 Å². The molecule has 0 saturated heterocycles. The molecule has 1 atom stereocenters. The van der Waals surface area contributed by atoms with Crippen LogP contribution in [0.3, 0.4) is 0 Å². The summed E-state index contributed by atoms with van der Waals surface area (Å²) in [4.78, 5) is 24.6. The van der Waals surface area contributed by atoms with Gasteiger partial charge in [0, 0.05) is 7.05 Å². The van der Waals surface area contributed by atoms with Crippen molar-refractivity contribution in [1.29, 1.82) is 0 Å². The molecule has 3 rings (SSSR count). The van der Waals surface area contributed by atoms with Gasteiger partial charge >= 0.3 is 0 Å². The van der Waals surface area contributed by atoms with Crippen molar-refractivity contribution in [2.24, 2.45) is 0 Å². The van der Waals surface area contributed by atoms with E-state index in [1.165, 1.54) is 6.33 Å². The average molecular weight is 317 g/mol. The maximum atomic E-state index is 12.6. The highest BCUT2D eigenvalue weighted by molar-refractivity contribution is 6.30. The van der Waals surface area contributed by atoms with E-state index in [-0.39, 0.29) is 18.5 Å². The summed E-state index contributed by atoms with van der Waals surface area (Å²) in [6.45, 7) is 2.71. The first-order valence-corrected chi connectivity index (χ1v) is 7.50. The molecule has 2 heterocycles. The first kappa shape index (κ1) is 14.8. The number of halogens is 1. The van der Waals surface area contributed by atoms with Crippen molar-refractivity contribution in [3.8, 4) is 0 Å². The Kier molecular flexibility index (Phi) is 3.98. The van der Waals surface area contributed by atoms with Crippen LogP contribution in [0.4, 0.5) is 5.82 Å². The Morgan fingerprint density at radius 2 is 1.91 bits per heavy atom. The zero-order valence-electron chi connectivity index (χ0n) is 12.5. The highest BCUT2D eigenvalue weighted by Crippen LogP contribution is 2.31. The number of aromatic nitrogens is 2. The number of amides is 1. The van der Waals surface area contributed by atoms with Gasteiger partial charge in [-0.1, -0.05) is 41.9 Å². The average Bonchev–Trinajstić information content (AvgIpc) is 2.65. The minimum absolute atomic E-state index is 0.0377. The highest BCUT2D eigenvalue weighted by Gasteiger charge is 2.29. The molecule has 2 aromatic rings. The van der Waals surface area contributed by atoms with Gasteiger partial charge in [-0.05, 0) is 12.5 Å². The molecule has 1 unspecified atom stereocenters. The van der Waals surface area contributed by atoms with Crippen LogP contribution < -0.4 is 4.90 Å². The Hall–Kier alpha value is -2.14. The molecule has 1 aromatic carbocycles. The third-order valence-corrected chi connectivity index (χ3v) is 4.33. The number of fused-ring (bicyclic) bond motifs is 1. The lowest BCUT2D eigenvalue weighted by Crippen LogP contribution is -2.37. The number of anilines is 1. The van der Waals surface area contributed by atoms with Gasteiger partial charge in [0.05, 0.1) is 24.7 Å². The standard InChI is InChI=1S/C16H17ClN4O/c1-11(12-6-4-3-5-7-12)21-8-13-15(17)18-10-19-16(13)20(2)9-14(21)22/h3-7,10-11H,8-9H2,1-2H3. The third kappa shape index (κ3) is 2.64.